The summed E-state index contributed by atoms with van der Waals surface area (Å²) >= 11 is 0. The van der Waals surface area contributed by atoms with Crippen LogP contribution >= 0.6 is 0 Å². The molecule has 1 N–H and O–H groups in total. The van der Waals surface area contributed by atoms with E-state index in [1.165, 1.54) is 25.5 Å². The third-order valence-electron chi connectivity index (χ3n) is 6.07. The predicted octanol–water partition coefficient (Wildman–Crippen LogP) is 1.20. The van der Waals surface area contributed by atoms with Crippen LogP contribution in [0, 0.1) is 5.92 Å². The summed E-state index contributed by atoms with van der Waals surface area (Å²) in [6.45, 7) is 1.09. The molecule has 0 unspecified atom stereocenters. The van der Waals surface area contributed by atoms with Gasteiger partial charge in [0.25, 0.3) is 5.91 Å². The van der Waals surface area contributed by atoms with Gasteiger partial charge in [0, 0.05) is 25.5 Å². The van der Waals surface area contributed by atoms with E-state index in [1.54, 1.807) is 28.1 Å². The van der Waals surface area contributed by atoms with Crippen molar-refractivity contribution in [3.8, 4) is 0 Å². The molecule has 1 aromatic rings. The maximum atomic E-state index is 12.9. The minimum atomic E-state index is -0.588. The van der Waals surface area contributed by atoms with Crippen LogP contribution in [-0.2, 0) is 9.59 Å². The summed E-state index contributed by atoms with van der Waals surface area (Å²) in [5.41, 5.74) is 0.503. The molecule has 0 bridgehead atoms. The first-order valence-electron chi connectivity index (χ1n) is 9.93. The zero-order valence-corrected chi connectivity index (χ0v) is 15.5. The van der Waals surface area contributed by atoms with E-state index in [4.69, 9.17) is 0 Å². The molecule has 2 aliphatic heterocycles. The maximum absolute atomic E-state index is 12.9. The SMILES string of the molecule is O=C1N[C@@H](CC2CCCCC2)C(=O)N2CCN(C(=O)c3cccnc3)C[C@@H]12. The normalized spacial score (nSPS) is 26.5. The predicted molar refractivity (Wildman–Crippen MR) is 98.8 cm³/mol. The van der Waals surface area contributed by atoms with Gasteiger partial charge >= 0.3 is 0 Å². The van der Waals surface area contributed by atoms with Crippen LogP contribution in [0.15, 0.2) is 24.5 Å². The van der Waals surface area contributed by atoms with Gasteiger partial charge in [-0.25, -0.2) is 0 Å². The van der Waals surface area contributed by atoms with Gasteiger partial charge in [-0.3, -0.25) is 19.4 Å². The number of amides is 3. The number of hydrogen-bond donors (Lipinski definition) is 1. The molecule has 144 valence electrons. The highest BCUT2D eigenvalue weighted by Gasteiger charge is 2.44. The van der Waals surface area contributed by atoms with Crippen molar-refractivity contribution in [2.45, 2.75) is 50.6 Å². The summed E-state index contributed by atoms with van der Waals surface area (Å²) in [6.07, 6.45) is 9.90. The zero-order valence-electron chi connectivity index (χ0n) is 15.5. The van der Waals surface area contributed by atoms with E-state index in [1.807, 2.05) is 0 Å². The Kier molecular flexibility index (Phi) is 5.09. The number of nitrogens with zero attached hydrogens (tertiary/aromatic N) is 3. The molecular weight excluding hydrogens is 344 g/mol. The number of piperazine rings is 2. The van der Waals surface area contributed by atoms with Gasteiger partial charge in [0.1, 0.15) is 12.1 Å². The third kappa shape index (κ3) is 3.68. The summed E-state index contributed by atoms with van der Waals surface area (Å²) in [5, 5.41) is 2.93. The number of carbonyl (C=O) groups is 3. The summed E-state index contributed by atoms with van der Waals surface area (Å²) in [5.74, 6) is 0.253. The molecule has 0 aromatic carbocycles. The number of pyridine rings is 1. The highest BCUT2D eigenvalue weighted by molar-refractivity contribution is 5.99. The van der Waals surface area contributed by atoms with Crippen LogP contribution in [-0.4, -0.2) is 64.2 Å². The Balaban J connectivity index is 1.41. The van der Waals surface area contributed by atoms with Crippen molar-refractivity contribution in [3.05, 3.63) is 30.1 Å². The first-order chi connectivity index (χ1) is 13.1. The number of nitrogens with one attached hydrogen (secondary N) is 1. The van der Waals surface area contributed by atoms with Gasteiger partial charge in [-0.2, -0.15) is 0 Å². The molecule has 7 nitrogen and oxygen atoms in total. The molecule has 0 spiro atoms. The molecule has 1 aliphatic carbocycles. The second-order valence-corrected chi connectivity index (χ2v) is 7.84. The molecule has 3 fully saturated rings. The first-order valence-corrected chi connectivity index (χ1v) is 9.93. The fraction of sp³-hybridized carbons (Fsp3) is 0.600. The fourth-order valence-electron chi connectivity index (χ4n) is 4.57. The minimum Gasteiger partial charge on any atom is -0.342 e. The second-order valence-electron chi connectivity index (χ2n) is 7.84. The highest BCUT2D eigenvalue weighted by Crippen LogP contribution is 2.29. The highest BCUT2D eigenvalue weighted by atomic mass is 16.2. The van der Waals surface area contributed by atoms with E-state index >= 15 is 0 Å². The first kappa shape index (κ1) is 17.9. The Morgan fingerprint density at radius 3 is 2.74 bits per heavy atom. The third-order valence-corrected chi connectivity index (χ3v) is 6.07. The Morgan fingerprint density at radius 1 is 1.19 bits per heavy atom. The van der Waals surface area contributed by atoms with Crippen LogP contribution in [0.4, 0.5) is 0 Å². The zero-order chi connectivity index (χ0) is 18.8. The van der Waals surface area contributed by atoms with Crippen molar-refractivity contribution in [3.63, 3.8) is 0 Å². The van der Waals surface area contributed by atoms with Crippen molar-refractivity contribution >= 4 is 17.7 Å². The molecule has 3 heterocycles. The Hall–Kier alpha value is -2.44. The van der Waals surface area contributed by atoms with Gasteiger partial charge in [0.15, 0.2) is 0 Å². The molecule has 3 amide bonds. The van der Waals surface area contributed by atoms with Gasteiger partial charge in [0.05, 0.1) is 12.1 Å². The molecule has 27 heavy (non-hydrogen) atoms. The molecule has 1 aromatic heterocycles. The molecule has 1 saturated carbocycles. The fourth-order valence-corrected chi connectivity index (χ4v) is 4.57. The van der Waals surface area contributed by atoms with Crippen molar-refractivity contribution in [1.82, 2.24) is 20.1 Å². The summed E-state index contributed by atoms with van der Waals surface area (Å²) < 4.78 is 0. The van der Waals surface area contributed by atoms with Crippen LogP contribution in [0.2, 0.25) is 0 Å². The number of fused-ring (bicyclic) bond motifs is 1. The topological polar surface area (TPSA) is 82.6 Å². The van der Waals surface area contributed by atoms with Crippen LogP contribution in [0.3, 0.4) is 0 Å². The van der Waals surface area contributed by atoms with E-state index in [2.05, 4.69) is 10.3 Å². The van der Waals surface area contributed by atoms with Crippen LogP contribution in [0.1, 0.15) is 48.9 Å². The van der Waals surface area contributed by atoms with Crippen LogP contribution in [0.25, 0.3) is 0 Å². The lowest BCUT2D eigenvalue weighted by atomic mass is 9.84. The minimum absolute atomic E-state index is 0.0126. The standard InChI is InChI=1S/C20H26N4O3/c25-18-17-13-23(19(26)15-7-4-8-21-12-15)9-10-24(17)20(27)16(22-18)11-14-5-2-1-3-6-14/h4,7-8,12,14,16-17H,1-3,5-6,9-11,13H2,(H,22,25)/t16-,17-/m0/s1. The van der Waals surface area contributed by atoms with Crippen LogP contribution < -0.4 is 5.32 Å². The lowest BCUT2D eigenvalue weighted by molar-refractivity contribution is -0.152. The van der Waals surface area contributed by atoms with E-state index < -0.39 is 12.1 Å². The van der Waals surface area contributed by atoms with Crippen LogP contribution in [0.5, 0.6) is 0 Å². The molecule has 4 rings (SSSR count). The van der Waals surface area contributed by atoms with Crippen molar-refractivity contribution in [1.29, 1.82) is 0 Å². The Labute approximate surface area is 159 Å². The largest absolute Gasteiger partial charge is 0.342 e. The number of rotatable bonds is 3. The molecule has 3 aliphatic rings. The monoisotopic (exact) mass is 370 g/mol. The van der Waals surface area contributed by atoms with Gasteiger partial charge < -0.3 is 15.1 Å². The molecular formula is C20H26N4O3. The Morgan fingerprint density at radius 2 is 2.00 bits per heavy atom. The number of hydrogen-bond acceptors (Lipinski definition) is 4. The number of carbonyl (C=O) groups excluding carboxylic acids is 3. The Bertz CT molecular complexity index is 717. The summed E-state index contributed by atoms with van der Waals surface area (Å²) in [7, 11) is 0. The summed E-state index contributed by atoms with van der Waals surface area (Å²) in [4.78, 5) is 45.5. The smallest absolute Gasteiger partial charge is 0.255 e. The van der Waals surface area contributed by atoms with Crippen molar-refractivity contribution in [2.75, 3.05) is 19.6 Å². The molecule has 2 atom stereocenters. The average molecular weight is 370 g/mol. The lowest BCUT2D eigenvalue weighted by Gasteiger charge is -2.45. The van der Waals surface area contributed by atoms with Crippen molar-refractivity contribution in [2.24, 2.45) is 5.92 Å². The molecule has 7 heteroatoms. The van der Waals surface area contributed by atoms with Crippen molar-refractivity contribution < 1.29 is 14.4 Å². The second kappa shape index (κ2) is 7.66. The van der Waals surface area contributed by atoms with E-state index in [0.29, 0.717) is 24.6 Å². The van der Waals surface area contributed by atoms with E-state index in [0.717, 1.165) is 19.3 Å². The van der Waals surface area contributed by atoms with Gasteiger partial charge in [-0.05, 0) is 24.5 Å². The van der Waals surface area contributed by atoms with Gasteiger partial charge in [0.2, 0.25) is 11.8 Å². The number of aromatic nitrogens is 1. The quantitative estimate of drug-likeness (QED) is 0.867. The van der Waals surface area contributed by atoms with Gasteiger partial charge in [-0.15, -0.1) is 0 Å². The molecule has 2 saturated heterocycles. The molecule has 0 radical (unpaired) electrons. The average Bonchev–Trinajstić information content (AvgIpc) is 2.72. The lowest BCUT2D eigenvalue weighted by Crippen LogP contribution is -2.69. The van der Waals surface area contributed by atoms with Gasteiger partial charge in [-0.1, -0.05) is 32.1 Å². The maximum Gasteiger partial charge on any atom is 0.255 e. The van der Waals surface area contributed by atoms with E-state index in [-0.39, 0.29) is 24.3 Å². The van der Waals surface area contributed by atoms with E-state index in [9.17, 15) is 14.4 Å². The summed E-state index contributed by atoms with van der Waals surface area (Å²) in [6, 6.07) is 2.44.